The minimum absolute atomic E-state index is 0.122. The molecule has 0 aromatic heterocycles. The summed E-state index contributed by atoms with van der Waals surface area (Å²) >= 11 is 12.3. The van der Waals surface area contributed by atoms with Crippen LogP contribution in [0.2, 0.25) is 10.0 Å². The van der Waals surface area contributed by atoms with Crippen molar-refractivity contribution in [1.29, 1.82) is 0 Å². The lowest BCUT2D eigenvalue weighted by atomic mass is 10.2. The summed E-state index contributed by atoms with van der Waals surface area (Å²) in [6, 6.07) is 11.4. The molecule has 1 heterocycles. The van der Waals surface area contributed by atoms with Gasteiger partial charge in [0.2, 0.25) is 0 Å². The molecule has 0 bridgehead atoms. The lowest BCUT2D eigenvalue weighted by Gasteiger charge is -2.20. The molecule has 5 heteroatoms. The van der Waals surface area contributed by atoms with E-state index in [2.05, 4.69) is 11.0 Å². The predicted octanol–water partition coefficient (Wildman–Crippen LogP) is 4.54. The van der Waals surface area contributed by atoms with E-state index in [-0.39, 0.29) is 6.10 Å². The highest BCUT2D eigenvalue weighted by atomic mass is 35.5. The van der Waals surface area contributed by atoms with Crippen LogP contribution in [0, 0.1) is 6.92 Å². The van der Waals surface area contributed by atoms with Gasteiger partial charge in [0, 0.05) is 29.4 Å². The van der Waals surface area contributed by atoms with Crippen molar-refractivity contribution in [2.75, 3.05) is 23.7 Å². The first-order valence-corrected chi connectivity index (χ1v) is 8.01. The number of benzene rings is 2. The van der Waals surface area contributed by atoms with Crippen LogP contribution >= 0.6 is 23.2 Å². The molecule has 2 aromatic carbocycles. The van der Waals surface area contributed by atoms with Gasteiger partial charge < -0.3 is 15.4 Å². The van der Waals surface area contributed by atoms with E-state index in [1.165, 1.54) is 5.69 Å². The van der Waals surface area contributed by atoms with E-state index in [9.17, 15) is 0 Å². The number of ether oxygens (including phenoxy) is 1. The Kier molecular flexibility index (Phi) is 4.37. The van der Waals surface area contributed by atoms with Gasteiger partial charge in [-0.05, 0) is 48.9 Å². The number of hydrogen-bond donors (Lipinski definition) is 1. The number of aryl methyl sites for hydroxylation is 1. The van der Waals surface area contributed by atoms with Crippen molar-refractivity contribution in [3.63, 3.8) is 0 Å². The van der Waals surface area contributed by atoms with Crippen molar-refractivity contribution in [3.05, 3.63) is 52.0 Å². The van der Waals surface area contributed by atoms with Crippen LogP contribution in [0.3, 0.4) is 0 Å². The second-order valence-electron chi connectivity index (χ2n) is 5.60. The van der Waals surface area contributed by atoms with Crippen LogP contribution in [0.5, 0.6) is 5.75 Å². The molecule has 22 heavy (non-hydrogen) atoms. The summed E-state index contributed by atoms with van der Waals surface area (Å²) in [7, 11) is 0. The number of hydrogen-bond acceptors (Lipinski definition) is 3. The topological polar surface area (TPSA) is 38.5 Å². The fraction of sp³-hybridized carbons (Fsp3) is 0.294. The van der Waals surface area contributed by atoms with Crippen molar-refractivity contribution in [2.45, 2.75) is 19.4 Å². The van der Waals surface area contributed by atoms with Gasteiger partial charge in [0.1, 0.15) is 11.9 Å². The zero-order valence-electron chi connectivity index (χ0n) is 12.4. The largest absolute Gasteiger partial charge is 0.487 e. The third kappa shape index (κ3) is 3.26. The van der Waals surface area contributed by atoms with Gasteiger partial charge in [-0.2, -0.15) is 0 Å². The molecule has 1 fully saturated rings. The molecular weight excluding hydrogens is 319 g/mol. The Balaban J connectivity index is 1.68. The number of rotatable bonds is 3. The standard InChI is InChI=1S/C17H18Cl2N2O/c1-11-8-13(3-4-15(11)18)21-7-6-14(10-21)22-17-5-2-12(20)9-16(17)19/h2-5,8-9,14H,6-7,10,20H2,1H3/t14-/m0/s1. The Bertz CT molecular complexity index is 690. The van der Waals surface area contributed by atoms with Crippen molar-refractivity contribution in [1.82, 2.24) is 0 Å². The van der Waals surface area contributed by atoms with Gasteiger partial charge in [-0.3, -0.25) is 0 Å². The van der Waals surface area contributed by atoms with Crippen molar-refractivity contribution in [3.8, 4) is 5.75 Å². The van der Waals surface area contributed by atoms with Gasteiger partial charge in [0.05, 0.1) is 11.6 Å². The van der Waals surface area contributed by atoms with Gasteiger partial charge in [0.15, 0.2) is 0 Å². The highest BCUT2D eigenvalue weighted by Gasteiger charge is 2.25. The third-order valence-electron chi connectivity index (χ3n) is 3.90. The SMILES string of the molecule is Cc1cc(N2CC[C@H](Oc3ccc(N)cc3Cl)C2)ccc1Cl. The summed E-state index contributed by atoms with van der Waals surface area (Å²) in [5.41, 5.74) is 8.61. The first kappa shape index (κ1) is 15.3. The quantitative estimate of drug-likeness (QED) is 0.836. The van der Waals surface area contributed by atoms with E-state index in [0.29, 0.717) is 16.5 Å². The Hall–Kier alpha value is -1.58. The molecular formula is C17H18Cl2N2O. The van der Waals surface area contributed by atoms with E-state index in [0.717, 1.165) is 30.1 Å². The molecule has 2 aromatic rings. The fourth-order valence-corrected chi connectivity index (χ4v) is 3.03. The van der Waals surface area contributed by atoms with Crippen LogP contribution < -0.4 is 15.4 Å². The van der Waals surface area contributed by atoms with Crippen molar-refractivity contribution in [2.24, 2.45) is 0 Å². The number of nitrogens with zero attached hydrogens (tertiary/aromatic N) is 1. The van der Waals surface area contributed by atoms with Gasteiger partial charge in [-0.1, -0.05) is 23.2 Å². The molecule has 3 nitrogen and oxygen atoms in total. The van der Waals surface area contributed by atoms with Crippen molar-refractivity contribution < 1.29 is 4.74 Å². The number of anilines is 2. The molecule has 1 aliphatic rings. The predicted molar refractivity (Wildman–Crippen MR) is 93.3 cm³/mol. The molecule has 0 saturated carbocycles. The molecule has 0 spiro atoms. The highest BCUT2D eigenvalue weighted by Crippen LogP contribution is 2.31. The average molecular weight is 337 g/mol. The first-order chi connectivity index (χ1) is 10.5. The maximum atomic E-state index is 6.17. The van der Waals surface area contributed by atoms with Crippen LogP contribution in [-0.2, 0) is 0 Å². The van der Waals surface area contributed by atoms with Gasteiger partial charge in [-0.25, -0.2) is 0 Å². The molecule has 0 aliphatic carbocycles. The summed E-state index contributed by atoms with van der Waals surface area (Å²) in [6.07, 6.45) is 1.08. The minimum atomic E-state index is 0.122. The molecule has 1 atom stereocenters. The Morgan fingerprint density at radius 2 is 1.95 bits per heavy atom. The molecule has 0 radical (unpaired) electrons. The smallest absolute Gasteiger partial charge is 0.138 e. The molecule has 116 valence electrons. The number of nitrogens with two attached hydrogens (primary N) is 1. The van der Waals surface area contributed by atoms with Crippen LogP contribution in [-0.4, -0.2) is 19.2 Å². The lowest BCUT2D eigenvalue weighted by molar-refractivity contribution is 0.225. The second kappa shape index (κ2) is 6.27. The Morgan fingerprint density at radius 3 is 2.68 bits per heavy atom. The molecule has 0 amide bonds. The molecule has 1 saturated heterocycles. The number of nitrogen functional groups attached to an aromatic ring is 1. The Labute approximate surface area is 140 Å². The van der Waals surface area contributed by atoms with E-state index in [4.69, 9.17) is 33.7 Å². The summed E-state index contributed by atoms with van der Waals surface area (Å²) in [4.78, 5) is 2.30. The minimum Gasteiger partial charge on any atom is -0.487 e. The number of halogens is 2. The normalized spacial score (nSPS) is 17.8. The molecule has 3 rings (SSSR count). The highest BCUT2D eigenvalue weighted by molar-refractivity contribution is 6.32. The van der Waals surface area contributed by atoms with E-state index in [1.54, 1.807) is 12.1 Å². The van der Waals surface area contributed by atoms with Gasteiger partial charge in [-0.15, -0.1) is 0 Å². The fourth-order valence-electron chi connectivity index (χ4n) is 2.68. The maximum Gasteiger partial charge on any atom is 0.138 e. The monoisotopic (exact) mass is 336 g/mol. The molecule has 1 aliphatic heterocycles. The van der Waals surface area contributed by atoms with Gasteiger partial charge in [0.25, 0.3) is 0 Å². The van der Waals surface area contributed by atoms with Crippen LogP contribution in [0.4, 0.5) is 11.4 Å². The lowest BCUT2D eigenvalue weighted by Crippen LogP contribution is -2.24. The summed E-state index contributed by atoms with van der Waals surface area (Å²) in [6.45, 7) is 3.81. The van der Waals surface area contributed by atoms with Crippen LogP contribution in [0.15, 0.2) is 36.4 Å². The zero-order chi connectivity index (χ0) is 15.7. The van der Waals surface area contributed by atoms with E-state index >= 15 is 0 Å². The van der Waals surface area contributed by atoms with E-state index < -0.39 is 0 Å². The molecule has 0 unspecified atom stereocenters. The van der Waals surface area contributed by atoms with Crippen LogP contribution in [0.25, 0.3) is 0 Å². The average Bonchev–Trinajstić information content (AvgIpc) is 2.93. The van der Waals surface area contributed by atoms with E-state index in [1.807, 2.05) is 25.1 Å². The van der Waals surface area contributed by atoms with Gasteiger partial charge >= 0.3 is 0 Å². The van der Waals surface area contributed by atoms with Crippen LogP contribution in [0.1, 0.15) is 12.0 Å². The summed E-state index contributed by atoms with van der Waals surface area (Å²) in [5, 5.41) is 1.35. The maximum absolute atomic E-state index is 6.17. The summed E-state index contributed by atoms with van der Waals surface area (Å²) < 4.78 is 6.01. The second-order valence-corrected chi connectivity index (χ2v) is 6.41. The third-order valence-corrected chi connectivity index (χ3v) is 4.62. The summed E-state index contributed by atoms with van der Waals surface area (Å²) in [5.74, 6) is 0.690. The first-order valence-electron chi connectivity index (χ1n) is 7.26. The zero-order valence-corrected chi connectivity index (χ0v) is 13.9. The molecule has 2 N–H and O–H groups in total. The van der Waals surface area contributed by atoms with Crippen molar-refractivity contribution >= 4 is 34.6 Å². The Morgan fingerprint density at radius 1 is 1.14 bits per heavy atom.